The minimum Gasteiger partial charge on any atom is -0.309 e. The molecule has 15 heavy (non-hydrogen) atoms. The molecule has 2 rings (SSSR count). The van der Waals surface area contributed by atoms with Gasteiger partial charge in [0, 0.05) is 19.1 Å². The molecule has 1 saturated heterocycles. The van der Waals surface area contributed by atoms with E-state index in [9.17, 15) is 4.39 Å². The van der Waals surface area contributed by atoms with Crippen LogP contribution in [-0.4, -0.2) is 31.1 Å². The van der Waals surface area contributed by atoms with Gasteiger partial charge < -0.3 is 10.2 Å². The number of nitrogens with one attached hydrogen (secondary N) is 1. The van der Waals surface area contributed by atoms with Crippen LogP contribution in [0.25, 0.3) is 0 Å². The fraction of sp³-hybridized carbons (Fsp3) is 0.500. The van der Waals surface area contributed by atoms with Crippen LogP contribution in [0.5, 0.6) is 0 Å². The van der Waals surface area contributed by atoms with Crippen molar-refractivity contribution in [1.82, 2.24) is 10.2 Å². The van der Waals surface area contributed by atoms with E-state index in [1.54, 1.807) is 12.1 Å². The van der Waals surface area contributed by atoms with Crippen molar-refractivity contribution in [1.29, 1.82) is 0 Å². The molecule has 1 heterocycles. The highest BCUT2D eigenvalue weighted by atomic mass is 19.1. The Kier molecular flexibility index (Phi) is 3.34. The first-order valence-electron chi connectivity index (χ1n) is 5.40. The highest BCUT2D eigenvalue weighted by molar-refractivity contribution is 5.16. The predicted octanol–water partition coefficient (Wildman–Crippen LogP) is 1.62. The second kappa shape index (κ2) is 4.73. The Hall–Kier alpha value is -0.930. The van der Waals surface area contributed by atoms with Gasteiger partial charge in [0.05, 0.1) is 0 Å². The summed E-state index contributed by atoms with van der Waals surface area (Å²) in [7, 11) is 2.13. The molecule has 0 aromatic heterocycles. The van der Waals surface area contributed by atoms with Gasteiger partial charge in [0.2, 0.25) is 0 Å². The molecule has 1 aliphatic rings. The van der Waals surface area contributed by atoms with E-state index in [0.29, 0.717) is 6.04 Å². The number of hydrogen-bond donors (Lipinski definition) is 1. The maximum atomic E-state index is 12.9. The number of likely N-dealkylation sites (N-methyl/N-ethyl adjacent to an activating group) is 1. The first kappa shape index (κ1) is 10.6. The number of benzene rings is 1. The van der Waals surface area contributed by atoms with Crippen LogP contribution in [-0.2, 0) is 6.54 Å². The van der Waals surface area contributed by atoms with E-state index in [0.717, 1.165) is 25.2 Å². The second-order valence-corrected chi connectivity index (χ2v) is 4.26. The number of nitrogens with zero attached hydrogens (tertiary/aromatic N) is 1. The standard InChI is InChI=1S/C12H17FN2/c1-15-6-5-12(9-15)14-8-10-3-2-4-11(13)7-10/h2-4,7,12,14H,5-6,8-9H2,1H3/t12-/m0/s1. The molecule has 1 aromatic rings. The topological polar surface area (TPSA) is 15.3 Å². The number of hydrogen-bond acceptors (Lipinski definition) is 2. The van der Waals surface area contributed by atoms with E-state index in [2.05, 4.69) is 17.3 Å². The molecule has 0 unspecified atom stereocenters. The van der Waals surface area contributed by atoms with E-state index in [4.69, 9.17) is 0 Å². The third-order valence-electron chi connectivity index (χ3n) is 2.88. The second-order valence-electron chi connectivity index (χ2n) is 4.26. The van der Waals surface area contributed by atoms with Gasteiger partial charge in [-0.25, -0.2) is 4.39 Å². The molecule has 1 fully saturated rings. The van der Waals surface area contributed by atoms with Crippen molar-refractivity contribution in [2.75, 3.05) is 20.1 Å². The zero-order valence-electron chi connectivity index (χ0n) is 9.04. The molecular formula is C12H17FN2. The van der Waals surface area contributed by atoms with Crippen LogP contribution in [0.2, 0.25) is 0 Å². The number of likely N-dealkylation sites (tertiary alicyclic amines) is 1. The summed E-state index contributed by atoms with van der Waals surface area (Å²) in [5, 5.41) is 3.45. The fourth-order valence-corrected chi connectivity index (χ4v) is 2.01. The van der Waals surface area contributed by atoms with Gasteiger partial charge in [0.15, 0.2) is 0 Å². The van der Waals surface area contributed by atoms with Crippen LogP contribution < -0.4 is 5.32 Å². The van der Waals surface area contributed by atoms with Crippen molar-refractivity contribution in [3.05, 3.63) is 35.6 Å². The summed E-state index contributed by atoms with van der Waals surface area (Å²) in [6.07, 6.45) is 1.19. The summed E-state index contributed by atoms with van der Waals surface area (Å²) in [4.78, 5) is 2.31. The summed E-state index contributed by atoms with van der Waals surface area (Å²) in [6.45, 7) is 3.01. The number of halogens is 1. The molecule has 0 radical (unpaired) electrons. The van der Waals surface area contributed by atoms with Crippen LogP contribution in [0.3, 0.4) is 0 Å². The van der Waals surface area contributed by atoms with Crippen molar-refractivity contribution < 1.29 is 4.39 Å². The SMILES string of the molecule is CN1CC[C@H](NCc2cccc(F)c2)C1. The van der Waals surface area contributed by atoms with E-state index in [1.807, 2.05) is 6.07 Å². The van der Waals surface area contributed by atoms with Crippen molar-refractivity contribution in [2.45, 2.75) is 19.0 Å². The van der Waals surface area contributed by atoms with E-state index in [-0.39, 0.29) is 5.82 Å². The smallest absolute Gasteiger partial charge is 0.123 e. The first-order chi connectivity index (χ1) is 7.24. The molecule has 0 amide bonds. The van der Waals surface area contributed by atoms with Gasteiger partial charge in [-0.05, 0) is 37.7 Å². The van der Waals surface area contributed by atoms with Crippen LogP contribution in [0, 0.1) is 5.82 Å². The van der Waals surface area contributed by atoms with Gasteiger partial charge in [0.1, 0.15) is 5.82 Å². The summed E-state index contributed by atoms with van der Waals surface area (Å²) in [5.74, 6) is -0.155. The van der Waals surface area contributed by atoms with Gasteiger partial charge in [-0.2, -0.15) is 0 Å². The molecule has 1 N–H and O–H groups in total. The monoisotopic (exact) mass is 208 g/mol. The van der Waals surface area contributed by atoms with E-state index < -0.39 is 0 Å². The van der Waals surface area contributed by atoms with Gasteiger partial charge in [-0.1, -0.05) is 12.1 Å². The summed E-state index contributed by atoms with van der Waals surface area (Å²) >= 11 is 0. The van der Waals surface area contributed by atoms with Gasteiger partial charge in [-0.15, -0.1) is 0 Å². The molecular weight excluding hydrogens is 191 g/mol. The van der Waals surface area contributed by atoms with E-state index >= 15 is 0 Å². The van der Waals surface area contributed by atoms with Crippen LogP contribution in [0.15, 0.2) is 24.3 Å². The average molecular weight is 208 g/mol. The Morgan fingerprint density at radius 1 is 1.53 bits per heavy atom. The summed E-state index contributed by atoms with van der Waals surface area (Å²) in [6, 6.07) is 7.33. The lowest BCUT2D eigenvalue weighted by molar-refractivity contribution is 0.397. The molecule has 0 spiro atoms. The van der Waals surface area contributed by atoms with Crippen molar-refractivity contribution in [3.63, 3.8) is 0 Å². The fourth-order valence-electron chi connectivity index (χ4n) is 2.01. The summed E-state index contributed by atoms with van der Waals surface area (Å²) in [5.41, 5.74) is 1.02. The Morgan fingerprint density at radius 2 is 2.40 bits per heavy atom. The van der Waals surface area contributed by atoms with Crippen molar-refractivity contribution in [2.24, 2.45) is 0 Å². The number of rotatable bonds is 3. The molecule has 82 valence electrons. The van der Waals surface area contributed by atoms with Crippen LogP contribution in [0.4, 0.5) is 4.39 Å². The highest BCUT2D eigenvalue weighted by Gasteiger charge is 2.18. The average Bonchev–Trinajstić information content (AvgIpc) is 2.62. The maximum Gasteiger partial charge on any atom is 0.123 e. The Labute approximate surface area is 90.1 Å². The van der Waals surface area contributed by atoms with Gasteiger partial charge in [0.25, 0.3) is 0 Å². The van der Waals surface area contributed by atoms with Crippen molar-refractivity contribution >= 4 is 0 Å². The predicted molar refractivity (Wildman–Crippen MR) is 59.1 cm³/mol. The quantitative estimate of drug-likeness (QED) is 0.812. The Bertz CT molecular complexity index is 327. The van der Waals surface area contributed by atoms with Crippen LogP contribution in [0.1, 0.15) is 12.0 Å². The lowest BCUT2D eigenvalue weighted by atomic mass is 10.2. The summed E-state index contributed by atoms with van der Waals surface area (Å²) < 4.78 is 12.9. The maximum absolute atomic E-state index is 12.9. The van der Waals surface area contributed by atoms with Crippen LogP contribution >= 0.6 is 0 Å². The molecule has 0 bridgehead atoms. The molecule has 3 heteroatoms. The minimum absolute atomic E-state index is 0.155. The Balaban J connectivity index is 1.83. The molecule has 2 nitrogen and oxygen atoms in total. The van der Waals surface area contributed by atoms with Gasteiger partial charge in [-0.3, -0.25) is 0 Å². The van der Waals surface area contributed by atoms with E-state index in [1.165, 1.54) is 12.5 Å². The highest BCUT2D eigenvalue weighted by Crippen LogP contribution is 2.08. The van der Waals surface area contributed by atoms with Gasteiger partial charge >= 0.3 is 0 Å². The molecule has 1 aromatic carbocycles. The zero-order chi connectivity index (χ0) is 10.7. The zero-order valence-corrected chi connectivity index (χ0v) is 9.04. The lowest BCUT2D eigenvalue weighted by Gasteiger charge is -2.12. The Morgan fingerprint density at radius 3 is 3.07 bits per heavy atom. The largest absolute Gasteiger partial charge is 0.309 e. The normalized spacial score (nSPS) is 22.1. The molecule has 1 atom stereocenters. The lowest BCUT2D eigenvalue weighted by Crippen LogP contribution is -2.30. The first-order valence-corrected chi connectivity index (χ1v) is 5.40. The molecule has 0 aliphatic carbocycles. The molecule has 0 saturated carbocycles. The minimum atomic E-state index is -0.155. The van der Waals surface area contributed by atoms with Crippen molar-refractivity contribution in [3.8, 4) is 0 Å². The third-order valence-corrected chi connectivity index (χ3v) is 2.88. The molecule has 1 aliphatic heterocycles. The third kappa shape index (κ3) is 3.01.